The van der Waals surface area contributed by atoms with Gasteiger partial charge in [-0.25, -0.2) is 0 Å². The summed E-state index contributed by atoms with van der Waals surface area (Å²) in [5, 5.41) is 120. The molecular formula is C65H113NO18. The minimum atomic E-state index is -1.98. The van der Waals surface area contributed by atoms with Crippen molar-refractivity contribution < 1.29 is 89.4 Å². The number of carbonyl (C=O) groups excluding carboxylic acids is 1. The summed E-state index contributed by atoms with van der Waals surface area (Å²) in [4.78, 5) is 13.3. The van der Waals surface area contributed by atoms with Crippen LogP contribution in [0, 0.1) is 0 Å². The number of rotatable bonds is 47. The van der Waals surface area contributed by atoms with E-state index in [1.54, 1.807) is 0 Å². The first-order chi connectivity index (χ1) is 40.8. The number of amides is 1. The van der Waals surface area contributed by atoms with Crippen molar-refractivity contribution in [1.29, 1.82) is 0 Å². The van der Waals surface area contributed by atoms with Crippen LogP contribution in [0.2, 0.25) is 0 Å². The average Bonchev–Trinajstić information content (AvgIpc) is 2.79. The van der Waals surface area contributed by atoms with Gasteiger partial charge in [-0.1, -0.05) is 215 Å². The fourth-order valence-corrected chi connectivity index (χ4v) is 10.6. The second-order valence-corrected chi connectivity index (χ2v) is 22.8. The van der Waals surface area contributed by atoms with Crippen molar-refractivity contribution in [2.75, 3.05) is 26.4 Å². The van der Waals surface area contributed by atoms with Crippen LogP contribution in [-0.4, -0.2) is 193 Å². The molecule has 486 valence electrons. The molecule has 0 aliphatic carbocycles. The summed E-state index contributed by atoms with van der Waals surface area (Å²) in [6, 6.07) is -0.932. The van der Waals surface area contributed by atoms with E-state index in [0.29, 0.717) is 25.7 Å². The smallest absolute Gasteiger partial charge is 0.220 e. The summed E-state index contributed by atoms with van der Waals surface area (Å²) in [6.45, 7) is 1.62. The van der Waals surface area contributed by atoms with Gasteiger partial charge in [0.25, 0.3) is 0 Å². The summed E-state index contributed by atoms with van der Waals surface area (Å²) in [5.74, 6) is -0.326. The van der Waals surface area contributed by atoms with Crippen molar-refractivity contribution in [3.05, 3.63) is 72.9 Å². The molecule has 3 fully saturated rings. The molecule has 0 saturated carbocycles. The van der Waals surface area contributed by atoms with Crippen molar-refractivity contribution in [1.82, 2.24) is 5.32 Å². The van der Waals surface area contributed by atoms with Gasteiger partial charge in [-0.15, -0.1) is 0 Å². The van der Waals surface area contributed by atoms with Gasteiger partial charge in [0.05, 0.1) is 38.6 Å². The molecule has 3 saturated heterocycles. The number of ether oxygens (including phenoxy) is 6. The molecule has 3 heterocycles. The molecule has 0 aromatic heterocycles. The van der Waals surface area contributed by atoms with E-state index in [0.717, 1.165) is 51.4 Å². The van der Waals surface area contributed by atoms with E-state index in [1.165, 1.54) is 103 Å². The van der Waals surface area contributed by atoms with Gasteiger partial charge in [-0.05, 0) is 51.4 Å². The monoisotopic (exact) mass is 1200 g/mol. The van der Waals surface area contributed by atoms with Gasteiger partial charge in [0.2, 0.25) is 5.91 Å². The van der Waals surface area contributed by atoms with Crippen LogP contribution in [0.5, 0.6) is 0 Å². The Morgan fingerprint density at radius 3 is 1.21 bits per heavy atom. The van der Waals surface area contributed by atoms with Crippen LogP contribution in [0.3, 0.4) is 0 Å². The van der Waals surface area contributed by atoms with E-state index in [2.05, 4.69) is 79.9 Å². The van der Waals surface area contributed by atoms with Crippen molar-refractivity contribution in [2.45, 2.75) is 304 Å². The second-order valence-electron chi connectivity index (χ2n) is 22.8. The molecule has 1 amide bonds. The van der Waals surface area contributed by atoms with Gasteiger partial charge < -0.3 is 89.9 Å². The SMILES string of the molecule is CC/C=C\C/C=C\C/C=C\C/C=C\C/C=C\C/C=C\CCC(=O)NC(COC1OC(CO)C(OC2OC(CO)C(OC3OC(CO)C(O)C(O)C3O)C(O)C2O)C(O)C1O)C(O)CCCCCCCCCCCCCCCCCCCCCC. The van der Waals surface area contributed by atoms with Gasteiger partial charge in [0, 0.05) is 6.42 Å². The minimum absolute atomic E-state index is 0.138. The number of hydrogen-bond donors (Lipinski definition) is 12. The van der Waals surface area contributed by atoms with Crippen molar-refractivity contribution in [3.63, 3.8) is 0 Å². The molecule has 17 atom stereocenters. The molecule has 0 aromatic rings. The van der Waals surface area contributed by atoms with Crippen LogP contribution in [-0.2, 0) is 33.2 Å². The Balaban J connectivity index is 1.50. The maximum atomic E-state index is 13.3. The van der Waals surface area contributed by atoms with Crippen molar-refractivity contribution in [3.8, 4) is 0 Å². The zero-order valence-electron chi connectivity index (χ0n) is 50.9. The third-order valence-corrected chi connectivity index (χ3v) is 15.8. The lowest BCUT2D eigenvalue weighted by atomic mass is 9.96. The van der Waals surface area contributed by atoms with Crippen LogP contribution in [0.15, 0.2) is 72.9 Å². The van der Waals surface area contributed by atoms with Gasteiger partial charge >= 0.3 is 0 Å². The molecule has 0 radical (unpaired) electrons. The molecule has 84 heavy (non-hydrogen) atoms. The number of aliphatic hydroxyl groups excluding tert-OH is 11. The highest BCUT2D eigenvalue weighted by atomic mass is 16.8. The number of aliphatic hydroxyl groups is 11. The highest BCUT2D eigenvalue weighted by Gasteiger charge is 2.53. The fraction of sp³-hybridized carbons (Fsp3) is 0.800. The number of nitrogens with one attached hydrogen (secondary N) is 1. The van der Waals surface area contributed by atoms with E-state index < -0.39 is 124 Å². The summed E-state index contributed by atoms with van der Waals surface area (Å²) in [6.07, 6.45) is 29.9. The maximum Gasteiger partial charge on any atom is 0.220 e. The Kier molecular flexibility index (Phi) is 42.5. The molecular weight excluding hydrogens is 1080 g/mol. The van der Waals surface area contributed by atoms with E-state index in [-0.39, 0.29) is 18.9 Å². The fourth-order valence-electron chi connectivity index (χ4n) is 10.6. The number of carbonyl (C=O) groups is 1. The summed E-state index contributed by atoms with van der Waals surface area (Å²) in [5.41, 5.74) is 0. The normalized spacial score (nSPS) is 29.7. The second kappa shape index (κ2) is 47.3. The Morgan fingerprint density at radius 2 is 0.798 bits per heavy atom. The highest BCUT2D eigenvalue weighted by molar-refractivity contribution is 5.76. The molecule has 3 rings (SSSR count). The zero-order chi connectivity index (χ0) is 61.2. The summed E-state index contributed by atoms with van der Waals surface area (Å²) >= 11 is 0. The van der Waals surface area contributed by atoms with Crippen LogP contribution in [0.4, 0.5) is 0 Å². The third-order valence-electron chi connectivity index (χ3n) is 15.8. The largest absolute Gasteiger partial charge is 0.394 e. The molecule has 3 aliphatic heterocycles. The first kappa shape index (κ1) is 75.5. The first-order valence-corrected chi connectivity index (χ1v) is 32.2. The Hall–Kier alpha value is -2.77. The zero-order valence-corrected chi connectivity index (χ0v) is 50.9. The number of unbranched alkanes of at least 4 members (excludes halogenated alkanes) is 19. The maximum absolute atomic E-state index is 13.3. The van der Waals surface area contributed by atoms with Crippen LogP contribution < -0.4 is 5.32 Å². The van der Waals surface area contributed by atoms with Crippen molar-refractivity contribution >= 4 is 5.91 Å². The van der Waals surface area contributed by atoms with E-state index in [4.69, 9.17) is 28.4 Å². The van der Waals surface area contributed by atoms with E-state index in [9.17, 15) is 61.0 Å². The molecule has 19 heteroatoms. The quantitative estimate of drug-likeness (QED) is 0.0216. The van der Waals surface area contributed by atoms with Crippen LogP contribution in [0.1, 0.15) is 200 Å². The van der Waals surface area contributed by atoms with Gasteiger partial charge in [-0.2, -0.15) is 0 Å². The Morgan fingerprint density at radius 1 is 0.440 bits per heavy atom. The Bertz CT molecular complexity index is 1810. The summed E-state index contributed by atoms with van der Waals surface area (Å²) in [7, 11) is 0. The predicted molar refractivity (Wildman–Crippen MR) is 323 cm³/mol. The summed E-state index contributed by atoms with van der Waals surface area (Å²) < 4.78 is 34.3. The molecule has 0 spiro atoms. The topological polar surface area (TPSA) is 307 Å². The predicted octanol–water partition coefficient (Wildman–Crippen LogP) is 6.99. The third kappa shape index (κ3) is 30.0. The molecule has 17 unspecified atom stereocenters. The standard InChI is InChI=1S/C65H113NO18/c1-3-5-7-9-11-13-15-17-19-21-23-25-26-28-30-32-34-36-38-40-42-49(70)48(66-53(71)43-41-39-37-35-33-31-29-27-24-22-20-18-16-14-12-10-8-6-4-2)47-79-63-59(77)56(74)61(51(45-68)81-63)84-65-60(78)57(75)62(52(46-69)82-65)83-64-58(76)55(73)54(72)50(44-67)80-64/h6,8,12,14,18,20,24,27,31,33,37,39,48-52,54-65,67-70,72-78H,3-5,7,9-11,13,15-17,19,21-23,25-26,28-30,32,34-36,38,40-47H2,1-2H3,(H,66,71)/b8-6-,14-12-,20-18-,27-24-,33-31-,39-37-. The highest BCUT2D eigenvalue weighted by Crippen LogP contribution is 2.33. The van der Waals surface area contributed by atoms with Gasteiger partial charge in [0.1, 0.15) is 73.2 Å². The van der Waals surface area contributed by atoms with Crippen LogP contribution in [0.25, 0.3) is 0 Å². The first-order valence-electron chi connectivity index (χ1n) is 32.2. The molecule has 0 aromatic carbocycles. The van der Waals surface area contributed by atoms with Gasteiger partial charge in [0.15, 0.2) is 18.9 Å². The van der Waals surface area contributed by atoms with E-state index in [1.807, 2.05) is 12.2 Å². The molecule has 19 nitrogen and oxygen atoms in total. The van der Waals surface area contributed by atoms with E-state index >= 15 is 0 Å². The number of allylic oxidation sites excluding steroid dienone is 12. The minimum Gasteiger partial charge on any atom is -0.394 e. The number of hydrogen-bond acceptors (Lipinski definition) is 18. The lowest BCUT2D eigenvalue weighted by molar-refractivity contribution is -0.379. The van der Waals surface area contributed by atoms with Crippen LogP contribution >= 0.6 is 0 Å². The lowest BCUT2D eigenvalue weighted by Gasteiger charge is -2.48. The average molecular weight is 1200 g/mol. The molecule has 3 aliphatic rings. The molecule has 0 bridgehead atoms. The Labute approximate surface area is 502 Å². The lowest BCUT2D eigenvalue weighted by Crippen LogP contribution is -2.66. The van der Waals surface area contributed by atoms with Gasteiger partial charge in [-0.3, -0.25) is 4.79 Å². The molecule has 12 N–H and O–H groups in total. The van der Waals surface area contributed by atoms with Crippen molar-refractivity contribution in [2.24, 2.45) is 0 Å².